The number of benzene rings is 1. The first-order chi connectivity index (χ1) is 10.0. The summed E-state index contributed by atoms with van der Waals surface area (Å²) in [5, 5.41) is 3.42. The van der Waals surface area contributed by atoms with E-state index in [1.165, 1.54) is 36.5 Å². The second-order valence-electron chi connectivity index (χ2n) is 5.52. The first kappa shape index (κ1) is 16.7. The minimum atomic E-state index is -4.26. The summed E-state index contributed by atoms with van der Waals surface area (Å²) in [6.07, 6.45) is -0.813. The number of nitrogens with one attached hydrogen (secondary N) is 1. The van der Waals surface area contributed by atoms with Crippen LogP contribution in [0, 0.1) is 5.92 Å². The summed E-state index contributed by atoms with van der Waals surface area (Å²) in [5.41, 5.74) is 0.388. The topological polar surface area (TPSA) is 12.0 Å². The molecule has 0 aromatic heterocycles. The number of thioether (sulfide) groups is 1. The van der Waals surface area contributed by atoms with E-state index < -0.39 is 11.7 Å². The van der Waals surface area contributed by atoms with Gasteiger partial charge in [0.05, 0.1) is 5.56 Å². The van der Waals surface area contributed by atoms with Crippen molar-refractivity contribution in [1.29, 1.82) is 0 Å². The molecule has 2 rings (SSSR count). The van der Waals surface area contributed by atoms with Crippen molar-refractivity contribution in [3.63, 3.8) is 0 Å². The SMILES string of the molecule is CCNC(CC1CCSCC1)c1ccc(C(F)(F)F)cc1. The van der Waals surface area contributed by atoms with Crippen molar-refractivity contribution in [2.75, 3.05) is 18.1 Å². The number of halogens is 3. The Kier molecular flexibility index (Phi) is 5.99. The molecule has 1 nitrogen and oxygen atoms in total. The predicted octanol–water partition coefficient (Wildman–Crippen LogP) is 4.89. The van der Waals surface area contributed by atoms with Gasteiger partial charge in [-0.15, -0.1) is 0 Å². The molecule has 5 heteroatoms. The normalized spacial score (nSPS) is 18.7. The number of hydrogen-bond donors (Lipinski definition) is 1. The molecule has 1 fully saturated rings. The lowest BCUT2D eigenvalue weighted by Gasteiger charge is -2.27. The molecule has 0 aliphatic carbocycles. The molecule has 21 heavy (non-hydrogen) atoms. The van der Waals surface area contributed by atoms with Crippen LogP contribution in [0.4, 0.5) is 13.2 Å². The van der Waals surface area contributed by atoms with Crippen molar-refractivity contribution in [2.45, 2.75) is 38.4 Å². The van der Waals surface area contributed by atoms with Crippen LogP contribution < -0.4 is 5.32 Å². The van der Waals surface area contributed by atoms with Gasteiger partial charge in [-0.25, -0.2) is 0 Å². The van der Waals surface area contributed by atoms with Crippen LogP contribution >= 0.6 is 11.8 Å². The van der Waals surface area contributed by atoms with E-state index in [2.05, 4.69) is 5.32 Å². The molecule has 1 aliphatic heterocycles. The molecule has 118 valence electrons. The Balaban J connectivity index is 2.06. The molecular weight excluding hydrogens is 295 g/mol. The molecule has 0 bridgehead atoms. The van der Waals surface area contributed by atoms with Crippen LogP contribution in [0.3, 0.4) is 0 Å². The molecule has 1 unspecified atom stereocenters. The van der Waals surface area contributed by atoms with E-state index in [9.17, 15) is 13.2 Å². The summed E-state index contributed by atoms with van der Waals surface area (Å²) in [7, 11) is 0. The summed E-state index contributed by atoms with van der Waals surface area (Å²) >= 11 is 1.99. The summed E-state index contributed by atoms with van der Waals surface area (Å²) in [4.78, 5) is 0. The minimum Gasteiger partial charge on any atom is -0.310 e. The molecule has 1 atom stereocenters. The largest absolute Gasteiger partial charge is 0.416 e. The Bertz CT molecular complexity index is 424. The van der Waals surface area contributed by atoms with Gasteiger partial charge in [0.25, 0.3) is 0 Å². The minimum absolute atomic E-state index is 0.158. The highest BCUT2D eigenvalue weighted by Crippen LogP contribution is 2.33. The second kappa shape index (κ2) is 7.54. The Morgan fingerprint density at radius 2 is 1.81 bits per heavy atom. The third-order valence-electron chi connectivity index (χ3n) is 4.00. The van der Waals surface area contributed by atoms with E-state index in [0.717, 1.165) is 18.5 Å². The maximum atomic E-state index is 12.6. The van der Waals surface area contributed by atoms with E-state index in [1.54, 1.807) is 12.1 Å². The van der Waals surface area contributed by atoms with Gasteiger partial charge < -0.3 is 5.32 Å². The quantitative estimate of drug-likeness (QED) is 0.830. The van der Waals surface area contributed by atoms with Gasteiger partial charge in [-0.05, 0) is 60.9 Å². The third kappa shape index (κ3) is 4.92. The highest BCUT2D eigenvalue weighted by Gasteiger charge is 2.30. The lowest BCUT2D eigenvalue weighted by atomic mass is 9.90. The van der Waals surface area contributed by atoms with Crippen LogP contribution in [0.1, 0.15) is 43.4 Å². The number of alkyl halides is 3. The first-order valence-corrected chi connectivity index (χ1v) is 8.64. The molecule has 1 N–H and O–H groups in total. The molecule has 0 saturated carbocycles. The first-order valence-electron chi connectivity index (χ1n) is 7.49. The molecule has 1 saturated heterocycles. The van der Waals surface area contributed by atoms with Gasteiger partial charge in [-0.1, -0.05) is 19.1 Å². The van der Waals surface area contributed by atoms with Crippen molar-refractivity contribution in [1.82, 2.24) is 5.32 Å². The fourth-order valence-electron chi connectivity index (χ4n) is 2.80. The van der Waals surface area contributed by atoms with Gasteiger partial charge in [-0.2, -0.15) is 24.9 Å². The molecule has 1 aliphatic rings. The zero-order chi connectivity index (χ0) is 15.3. The molecule has 0 radical (unpaired) electrons. The third-order valence-corrected chi connectivity index (χ3v) is 5.05. The standard InChI is InChI=1S/C16H22F3NS/c1-2-20-15(11-12-7-9-21-10-8-12)13-3-5-14(6-4-13)16(17,18)19/h3-6,12,15,20H,2,7-11H2,1H3. The highest BCUT2D eigenvalue weighted by molar-refractivity contribution is 7.99. The maximum Gasteiger partial charge on any atom is 0.416 e. The van der Waals surface area contributed by atoms with Crippen LogP contribution in [-0.4, -0.2) is 18.1 Å². The molecule has 0 amide bonds. The summed E-state index contributed by atoms with van der Waals surface area (Å²) in [6.45, 7) is 2.86. The number of hydrogen-bond acceptors (Lipinski definition) is 2. The van der Waals surface area contributed by atoms with Gasteiger partial charge in [0.2, 0.25) is 0 Å². The van der Waals surface area contributed by atoms with Gasteiger partial charge in [0, 0.05) is 6.04 Å². The fraction of sp³-hybridized carbons (Fsp3) is 0.625. The van der Waals surface area contributed by atoms with Crippen molar-refractivity contribution in [3.8, 4) is 0 Å². The average molecular weight is 317 g/mol. The van der Waals surface area contributed by atoms with E-state index in [0.29, 0.717) is 5.92 Å². The maximum absolute atomic E-state index is 12.6. The average Bonchev–Trinajstić information content (AvgIpc) is 2.47. The Labute approximate surface area is 128 Å². The van der Waals surface area contributed by atoms with E-state index in [4.69, 9.17) is 0 Å². The summed E-state index contributed by atoms with van der Waals surface area (Å²) < 4.78 is 37.9. The van der Waals surface area contributed by atoms with Crippen LogP contribution in [0.2, 0.25) is 0 Å². The zero-order valence-electron chi connectivity index (χ0n) is 12.2. The van der Waals surface area contributed by atoms with Gasteiger partial charge in [-0.3, -0.25) is 0 Å². The molecule has 1 heterocycles. The zero-order valence-corrected chi connectivity index (χ0v) is 13.1. The van der Waals surface area contributed by atoms with Gasteiger partial charge in [0.1, 0.15) is 0 Å². The van der Waals surface area contributed by atoms with Crippen LogP contribution in [0.15, 0.2) is 24.3 Å². The molecular formula is C16H22F3NS. The fourth-order valence-corrected chi connectivity index (χ4v) is 4.01. The lowest BCUT2D eigenvalue weighted by Crippen LogP contribution is -2.25. The van der Waals surface area contributed by atoms with Gasteiger partial charge in [0.15, 0.2) is 0 Å². The molecule has 0 spiro atoms. The highest BCUT2D eigenvalue weighted by atomic mass is 32.2. The Morgan fingerprint density at radius 1 is 1.19 bits per heavy atom. The van der Waals surface area contributed by atoms with Crippen molar-refractivity contribution in [2.24, 2.45) is 5.92 Å². The Hall–Kier alpha value is -0.680. The predicted molar refractivity (Wildman–Crippen MR) is 82.5 cm³/mol. The van der Waals surface area contributed by atoms with Crippen LogP contribution in [0.5, 0.6) is 0 Å². The van der Waals surface area contributed by atoms with Gasteiger partial charge >= 0.3 is 6.18 Å². The van der Waals surface area contributed by atoms with Crippen molar-refractivity contribution < 1.29 is 13.2 Å². The molecule has 1 aromatic rings. The summed E-state index contributed by atoms with van der Waals surface area (Å²) in [5.74, 6) is 3.09. The van der Waals surface area contributed by atoms with Crippen molar-refractivity contribution in [3.05, 3.63) is 35.4 Å². The van der Waals surface area contributed by atoms with Crippen LogP contribution in [-0.2, 0) is 6.18 Å². The van der Waals surface area contributed by atoms with Crippen molar-refractivity contribution >= 4 is 11.8 Å². The van der Waals surface area contributed by atoms with E-state index in [1.807, 2.05) is 18.7 Å². The lowest BCUT2D eigenvalue weighted by molar-refractivity contribution is -0.137. The second-order valence-corrected chi connectivity index (χ2v) is 6.75. The van der Waals surface area contributed by atoms with E-state index >= 15 is 0 Å². The molecule has 1 aromatic carbocycles. The smallest absolute Gasteiger partial charge is 0.310 e. The number of rotatable bonds is 5. The monoisotopic (exact) mass is 317 g/mol. The van der Waals surface area contributed by atoms with Crippen LogP contribution in [0.25, 0.3) is 0 Å². The Morgan fingerprint density at radius 3 is 2.33 bits per heavy atom. The summed E-state index contributed by atoms with van der Waals surface area (Å²) in [6, 6.07) is 5.78. The van der Waals surface area contributed by atoms with E-state index in [-0.39, 0.29) is 6.04 Å².